The van der Waals surface area contributed by atoms with E-state index in [-0.39, 0.29) is 41.6 Å². The van der Waals surface area contributed by atoms with Crippen LogP contribution < -0.4 is 55.4 Å². The monoisotopic (exact) mass is 1980 g/mol. The van der Waals surface area contributed by atoms with Gasteiger partial charge in [0.15, 0.2) is 0 Å². The fourth-order valence-electron chi connectivity index (χ4n) is 14.4. The minimum atomic E-state index is -0.979. The summed E-state index contributed by atoms with van der Waals surface area (Å²) >= 11 is 3.27. The van der Waals surface area contributed by atoms with E-state index in [1.807, 2.05) is 250 Å². The van der Waals surface area contributed by atoms with Crippen LogP contribution in [0.3, 0.4) is 0 Å². The van der Waals surface area contributed by atoms with E-state index in [4.69, 9.17) is 67.9 Å². The smallest absolute Gasteiger partial charge is 0.331 e. The van der Waals surface area contributed by atoms with Crippen molar-refractivity contribution in [3.63, 3.8) is 0 Å². The SMILES string of the molecule is CC(C)(C)OC(=O)/C=C/c1ccccc1N.CC(C)(C)OC(=O)/C=C/c1ccccc1NCC1=Nc2ccc(CCC(N)=O)cc2C1.COC(=O)CCc1ccc2c(c1)CC(CNc1ccccc1/C=C/C(=O)OC(C)(C)C)=N2.NC(=O)CCc1ccc2c(c1)CC(CNc1ccccc1/C=C/C(=O)NO)=N2.NC(=O)CCc1ccc2c(c1)CC(CNc1ccccc1/C=C/C(=O)O)=N2.Nc1ccccc1Br. The predicted octanol–water partition coefficient (Wildman–Crippen LogP) is 19.0. The third-order valence-corrected chi connectivity index (χ3v) is 21.8. The molecule has 10 aromatic rings. The number of benzene rings is 10. The van der Waals surface area contributed by atoms with Gasteiger partial charge in [-0.05, 0) is 273 Å². The number of hydrogen-bond acceptors (Lipinski definition) is 24. The number of anilines is 6. The molecule has 0 aliphatic carbocycles. The first kappa shape index (κ1) is 110. The number of carbonyl (C=O) groups is 9. The molecule has 17 N–H and O–H groups in total. The summed E-state index contributed by atoms with van der Waals surface area (Å²) in [6.45, 7) is 18.9. The van der Waals surface area contributed by atoms with Gasteiger partial charge < -0.3 is 74.0 Å². The number of nitrogens with one attached hydrogen (secondary N) is 5. The normalized spacial score (nSPS) is 12.5. The molecule has 0 saturated carbocycles. The highest BCUT2D eigenvalue weighted by molar-refractivity contribution is 9.10. The van der Waals surface area contributed by atoms with Crippen LogP contribution in [0.1, 0.15) is 160 Å². The number of fused-ring (bicyclic) bond motifs is 4. The number of nitrogens with two attached hydrogens (primary N) is 5. The van der Waals surface area contributed by atoms with Gasteiger partial charge in [0.05, 0.1) is 56.0 Å². The maximum Gasteiger partial charge on any atom is 0.331 e. The Kier molecular flexibility index (Phi) is 42.0. The molecule has 4 aliphatic heterocycles. The van der Waals surface area contributed by atoms with Crippen LogP contribution in [-0.2, 0) is 113 Å². The maximum absolute atomic E-state index is 12.0. The number of aliphatic carboxylic acids is 1. The first-order valence-electron chi connectivity index (χ1n) is 46.2. The van der Waals surface area contributed by atoms with Crippen molar-refractivity contribution < 1.29 is 72.4 Å². The largest absolute Gasteiger partial charge is 0.478 e. The lowest BCUT2D eigenvalue weighted by Crippen LogP contribution is -2.22. The zero-order chi connectivity index (χ0) is 103. The lowest BCUT2D eigenvalue weighted by molar-refractivity contribution is -0.149. The summed E-state index contributed by atoms with van der Waals surface area (Å²) in [6.07, 6.45) is 22.1. The van der Waals surface area contributed by atoms with E-state index in [0.717, 1.165) is 177 Å². The van der Waals surface area contributed by atoms with Gasteiger partial charge in [0.25, 0.3) is 5.91 Å². The van der Waals surface area contributed by atoms with Crippen molar-refractivity contribution in [1.82, 2.24) is 5.48 Å². The molecule has 14 rings (SSSR count). The number of hydroxylamine groups is 1. The van der Waals surface area contributed by atoms with Crippen molar-refractivity contribution >= 4 is 180 Å². The van der Waals surface area contributed by atoms with Crippen LogP contribution in [0.15, 0.2) is 273 Å². The number of hydrogen-bond donors (Lipinski definition) is 12. The number of esters is 4. The van der Waals surface area contributed by atoms with E-state index in [1.165, 1.54) is 37.0 Å². The van der Waals surface area contributed by atoms with E-state index in [9.17, 15) is 43.2 Å². The van der Waals surface area contributed by atoms with Crippen LogP contribution in [0, 0.1) is 0 Å². The molecule has 0 atom stereocenters. The number of aryl methyl sites for hydroxylation is 4. The number of para-hydroxylation sites is 6. The Morgan fingerprint density at radius 2 is 0.627 bits per heavy atom. The minimum Gasteiger partial charge on any atom is -0.478 e. The van der Waals surface area contributed by atoms with Gasteiger partial charge in [-0.1, -0.05) is 152 Å². The molecule has 4 aliphatic rings. The molecule has 29 nitrogen and oxygen atoms in total. The number of carbonyl (C=O) groups excluding carboxylic acids is 8. The third-order valence-electron chi connectivity index (χ3n) is 21.1. The van der Waals surface area contributed by atoms with Crippen LogP contribution in [0.2, 0.25) is 0 Å². The highest BCUT2D eigenvalue weighted by Crippen LogP contribution is 2.34. The Morgan fingerprint density at radius 1 is 0.359 bits per heavy atom. The molecule has 10 aromatic carbocycles. The van der Waals surface area contributed by atoms with Crippen LogP contribution >= 0.6 is 15.9 Å². The number of ether oxygens (including phenoxy) is 4. The molecule has 0 unspecified atom stereocenters. The van der Waals surface area contributed by atoms with E-state index in [0.29, 0.717) is 83.2 Å². The van der Waals surface area contributed by atoms with Gasteiger partial charge in [-0.15, -0.1) is 0 Å². The zero-order valence-corrected chi connectivity index (χ0v) is 83.2. The fourth-order valence-corrected chi connectivity index (χ4v) is 14.7. The molecule has 4 heterocycles. The van der Waals surface area contributed by atoms with E-state index < -0.39 is 28.7 Å². The Balaban J connectivity index is 0.000000196. The predicted molar refractivity (Wildman–Crippen MR) is 571 cm³/mol. The summed E-state index contributed by atoms with van der Waals surface area (Å²) in [4.78, 5) is 120. The fraction of sp³-hybridized carbons (Fsp3) is 0.259. The Hall–Kier alpha value is -16.0. The molecular formula is C112H125BrN14O15. The van der Waals surface area contributed by atoms with Gasteiger partial charge in [0, 0.05) is 143 Å². The number of carboxylic acid groups (broad SMARTS) is 1. The van der Waals surface area contributed by atoms with Crippen LogP contribution in [0.4, 0.5) is 56.9 Å². The van der Waals surface area contributed by atoms with E-state index in [2.05, 4.69) is 71.4 Å². The van der Waals surface area contributed by atoms with Crippen molar-refractivity contribution in [2.24, 2.45) is 37.2 Å². The average molecular weight is 1990 g/mol. The molecule has 0 saturated heterocycles. The van der Waals surface area contributed by atoms with Gasteiger partial charge in [0.2, 0.25) is 17.7 Å². The Morgan fingerprint density at radius 3 is 0.894 bits per heavy atom. The number of nitrogen functional groups attached to an aromatic ring is 2. The molecule has 142 heavy (non-hydrogen) atoms. The molecule has 0 aromatic heterocycles. The summed E-state index contributed by atoms with van der Waals surface area (Å²) in [6, 6.07) is 69.9. The van der Waals surface area contributed by atoms with Crippen molar-refractivity contribution in [3.8, 4) is 0 Å². The standard InChI is InChI=1S/C26H30N2O4.C25H29N3O3.C21H22N4O3.C21H21N3O3.C13H17NO2.C6H6BrN/c1-26(2,3)32-25(30)14-11-19-7-5-6-8-22(19)27-17-21-16-20-15-18(9-12-23(20)28-21)10-13-24(29)31-4;1-25(2,3)31-24(30)13-10-18-6-4-5-7-21(18)27-16-20-15-19-14-17(9-12-23(26)29)8-11-22(19)28-20;22-20(26)9-6-14-5-8-19-16(11-14)12-17(24-19)13-23-18-4-2-1-3-15(18)7-10-21(27)25-28;22-20(25)9-6-14-5-8-19-16(11-14)12-17(24-19)13-23-18-4-2-1-3-15(18)7-10-21(26)27;1-13(2,3)16-12(15)9-8-10-6-4-5-7-11(10)14;7-5-3-1-2-4-6(5)8/h5-9,11-12,14-15,27H,10,13,16-17H2,1-4H3;4-8,10-11,13-14,27H,9,12,15-16H2,1-3H3,(H2,26,29);1-5,7-8,10-11,23,28H,6,9,12-13H2,(H2,22,26)(H,25,27);1-5,7-8,10-11,23H,6,9,12-13H2,(H2,22,25)(H,26,27);4-9H,14H2,1-3H3;1-4H,8H2/b14-11+;13-10+;2*10-7+;9-8+;. The summed E-state index contributed by atoms with van der Waals surface area (Å²) < 4.78 is 21.5. The summed E-state index contributed by atoms with van der Waals surface area (Å²) in [5, 5.41) is 30.9. The Labute approximate surface area is 837 Å². The van der Waals surface area contributed by atoms with Gasteiger partial charge in [-0.3, -0.25) is 49.1 Å². The summed E-state index contributed by atoms with van der Waals surface area (Å²) in [7, 11) is 1.41. The maximum atomic E-state index is 12.0. The number of nitrogens with zero attached hydrogens (tertiary/aromatic N) is 4. The lowest BCUT2D eigenvalue weighted by atomic mass is 10.0. The second-order valence-corrected chi connectivity index (χ2v) is 37.1. The Bertz CT molecular complexity index is 6430. The topological polar surface area (TPSA) is 471 Å². The molecule has 0 spiro atoms. The number of amides is 4. The average Bonchev–Trinajstić information content (AvgIpc) is 1.69. The molecule has 4 amide bonds. The number of aliphatic imine (C=N–C) groups is 4. The zero-order valence-electron chi connectivity index (χ0n) is 81.6. The highest BCUT2D eigenvalue weighted by atomic mass is 79.9. The minimum absolute atomic E-state index is 0.203. The first-order valence-corrected chi connectivity index (χ1v) is 47.0. The number of rotatable bonds is 34. The summed E-state index contributed by atoms with van der Waals surface area (Å²) in [5.74, 6) is -3.76. The summed E-state index contributed by atoms with van der Waals surface area (Å²) in [5.41, 5.74) is 53.1. The molecule has 0 bridgehead atoms. The second kappa shape index (κ2) is 54.4. The molecule has 0 fully saturated rings. The first-order chi connectivity index (χ1) is 67.7. The quantitative estimate of drug-likeness (QED) is 0.00445. The molecule has 0 radical (unpaired) electrons. The van der Waals surface area contributed by atoms with Crippen molar-refractivity contribution in [2.75, 3.05) is 66.0 Å². The number of carboxylic acids is 1. The third kappa shape index (κ3) is 39.5. The second-order valence-electron chi connectivity index (χ2n) is 36.2. The van der Waals surface area contributed by atoms with Gasteiger partial charge in [-0.25, -0.2) is 24.7 Å². The van der Waals surface area contributed by atoms with Crippen molar-refractivity contribution in [1.29, 1.82) is 0 Å². The van der Waals surface area contributed by atoms with Gasteiger partial charge in [0.1, 0.15) is 16.8 Å². The lowest BCUT2D eigenvalue weighted by Gasteiger charge is -2.18. The number of primary amides is 3. The van der Waals surface area contributed by atoms with E-state index >= 15 is 0 Å². The van der Waals surface area contributed by atoms with Crippen LogP contribution in [0.25, 0.3) is 30.4 Å². The molecule has 30 heteroatoms. The molecular weight excluding hydrogens is 1860 g/mol. The van der Waals surface area contributed by atoms with Gasteiger partial charge >= 0.3 is 29.8 Å². The number of halogens is 1. The van der Waals surface area contributed by atoms with E-state index in [1.54, 1.807) is 41.9 Å². The highest BCUT2D eigenvalue weighted by Gasteiger charge is 2.23. The van der Waals surface area contributed by atoms with Crippen molar-refractivity contribution in [2.45, 2.75) is 156 Å². The van der Waals surface area contributed by atoms with Gasteiger partial charge in [-0.2, -0.15) is 0 Å². The van der Waals surface area contributed by atoms with Crippen LogP contribution in [0.5, 0.6) is 0 Å². The van der Waals surface area contributed by atoms with Crippen LogP contribution in [-0.4, -0.2) is 137 Å². The number of methoxy groups -OCH3 is 1. The molecule has 740 valence electrons. The van der Waals surface area contributed by atoms with Crippen molar-refractivity contribution in [3.05, 3.63) is 326 Å².